The second kappa shape index (κ2) is 2.18. The topological polar surface area (TPSA) is 21.3 Å². The first-order valence-corrected chi connectivity index (χ1v) is 4.77. The molecule has 1 aromatic carbocycles. The molecule has 0 spiro atoms. The maximum atomic E-state index is 5.09. The van der Waals surface area contributed by atoms with Crippen LogP contribution in [0.5, 0.6) is 0 Å². The van der Waals surface area contributed by atoms with Crippen molar-refractivity contribution >= 4 is 30.6 Å². The van der Waals surface area contributed by atoms with E-state index in [1.165, 1.54) is 3.61 Å². The second-order valence-electron chi connectivity index (χ2n) is 1.76. The van der Waals surface area contributed by atoms with E-state index in [0.717, 1.165) is 5.69 Å². The van der Waals surface area contributed by atoms with E-state index >= 15 is 0 Å². The number of rotatable bonds is 0. The third-order valence-corrected chi connectivity index (χ3v) is 3.17. The van der Waals surface area contributed by atoms with Gasteiger partial charge in [-0.2, -0.15) is 0 Å². The molecule has 0 atom stereocenters. The molecular formula is C6H5NOTe. The molecule has 0 saturated carbocycles. The van der Waals surface area contributed by atoms with Gasteiger partial charge in [-0.25, -0.2) is 0 Å². The molecule has 1 aliphatic heterocycles. The van der Waals surface area contributed by atoms with Gasteiger partial charge >= 0.3 is 63.6 Å². The molecule has 0 saturated heterocycles. The van der Waals surface area contributed by atoms with Crippen LogP contribution in [0.15, 0.2) is 24.3 Å². The van der Waals surface area contributed by atoms with E-state index in [0.29, 0.717) is 0 Å². The number of hydrogen-bond acceptors (Lipinski definition) is 2. The Balaban J connectivity index is 2.54. The molecule has 0 unspecified atom stereocenters. The fourth-order valence-corrected chi connectivity index (χ4v) is 2.32. The molecule has 1 aromatic rings. The van der Waals surface area contributed by atoms with Gasteiger partial charge in [0.15, 0.2) is 0 Å². The summed E-state index contributed by atoms with van der Waals surface area (Å²) in [6, 6.07) is 8.19. The van der Waals surface area contributed by atoms with E-state index in [1.54, 1.807) is 0 Å². The molecule has 9 heavy (non-hydrogen) atoms. The SMILES string of the molecule is c1ccc2c(c1)NO[Te]2. The summed E-state index contributed by atoms with van der Waals surface area (Å²) in [6.45, 7) is 0. The second-order valence-corrected chi connectivity index (χ2v) is 3.97. The van der Waals surface area contributed by atoms with Crippen LogP contribution in [-0.4, -0.2) is 21.3 Å². The van der Waals surface area contributed by atoms with Crippen molar-refractivity contribution in [2.45, 2.75) is 0 Å². The van der Waals surface area contributed by atoms with Crippen molar-refractivity contribution in [3.63, 3.8) is 0 Å². The Morgan fingerprint density at radius 3 is 3.11 bits per heavy atom. The molecule has 0 fully saturated rings. The van der Waals surface area contributed by atoms with Crippen LogP contribution in [0.2, 0.25) is 0 Å². The van der Waals surface area contributed by atoms with Gasteiger partial charge in [0.05, 0.1) is 0 Å². The van der Waals surface area contributed by atoms with E-state index in [4.69, 9.17) is 3.20 Å². The number of benzene rings is 1. The first-order chi connectivity index (χ1) is 4.47. The van der Waals surface area contributed by atoms with Crippen LogP contribution < -0.4 is 9.09 Å². The predicted molar refractivity (Wildman–Crippen MR) is 36.5 cm³/mol. The quantitative estimate of drug-likeness (QED) is 0.652. The molecule has 3 heteroatoms. The average molecular weight is 235 g/mol. The van der Waals surface area contributed by atoms with Crippen LogP contribution in [0.4, 0.5) is 5.69 Å². The fourth-order valence-electron chi connectivity index (χ4n) is 0.734. The van der Waals surface area contributed by atoms with Crippen molar-refractivity contribution in [1.82, 2.24) is 0 Å². The molecule has 0 radical (unpaired) electrons. The van der Waals surface area contributed by atoms with Crippen molar-refractivity contribution in [2.24, 2.45) is 0 Å². The summed E-state index contributed by atoms with van der Waals surface area (Å²) in [5, 5.41) is 0. The van der Waals surface area contributed by atoms with Gasteiger partial charge in [0.2, 0.25) is 0 Å². The molecule has 0 amide bonds. The minimum atomic E-state index is -0.348. The van der Waals surface area contributed by atoms with Crippen LogP contribution in [0.3, 0.4) is 0 Å². The summed E-state index contributed by atoms with van der Waals surface area (Å²) in [4.78, 5) is 0. The van der Waals surface area contributed by atoms with E-state index in [2.05, 4.69) is 11.5 Å². The molecule has 2 rings (SSSR count). The van der Waals surface area contributed by atoms with Crippen LogP contribution in [0.25, 0.3) is 0 Å². The van der Waals surface area contributed by atoms with Crippen LogP contribution >= 0.6 is 0 Å². The zero-order valence-corrected chi connectivity index (χ0v) is 6.96. The number of fused-ring (bicyclic) bond motifs is 1. The zero-order chi connectivity index (χ0) is 6.10. The standard InChI is InChI=1S/C6H5NOTe/c1-2-4-6-5(3-1)7-8-9-6/h1-4,7H. The van der Waals surface area contributed by atoms with Gasteiger partial charge in [-0.1, -0.05) is 0 Å². The zero-order valence-electron chi connectivity index (χ0n) is 4.63. The summed E-state index contributed by atoms with van der Waals surface area (Å²) in [6.07, 6.45) is 0. The van der Waals surface area contributed by atoms with Crippen molar-refractivity contribution in [2.75, 3.05) is 5.48 Å². The van der Waals surface area contributed by atoms with Crippen molar-refractivity contribution in [1.29, 1.82) is 0 Å². The Morgan fingerprint density at radius 2 is 2.22 bits per heavy atom. The van der Waals surface area contributed by atoms with Gasteiger partial charge in [-0.05, 0) is 0 Å². The molecule has 0 bridgehead atoms. The first-order valence-electron chi connectivity index (χ1n) is 2.65. The predicted octanol–water partition coefficient (Wildman–Crippen LogP) is 0.288. The third-order valence-electron chi connectivity index (χ3n) is 1.17. The van der Waals surface area contributed by atoms with E-state index in [1.807, 2.05) is 18.2 Å². The van der Waals surface area contributed by atoms with Crippen LogP contribution in [0.1, 0.15) is 0 Å². The Hall–Kier alpha value is -0.230. The average Bonchev–Trinajstić information content (AvgIpc) is 2.33. The fraction of sp³-hybridized carbons (Fsp3) is 0. The van der Waals surface area contributed by atoms with Gasteiger partial charge in [0.25, 0.3) is 0 Å². The maximum absolute atomic E-state index is 5.09. The van der Waals surface area contributed by atoms with E-state index in [-0.39, 0.29) is 21.3 Å². The van der Waals surface area contributed by atoms with E-state index in [9.17, 15) is 0 Å². The van der Waals surface area contributed by atoms with Crippen LogP contribution in [0, 0.1) is 0 Å². The van der Waals surface area contributed by atoms with Gasteiger partial charge < -0.3 is 0 Å². The van der Waals surface area contributed by atoms with Crippen molar-refractivity contribution < 1.29 is 3.20 Å². The Morgan fingerprint density at radius 1 is 1.33 bits per heavy atom. The Kier molecular flexibility index (Phi) is 1.35. The molecule has 46 valence electrons. The van der Waals surface area contributed by atoms with E-state index < -0.39 is 0 Å². The van der Waals surface area contributed by atoms with Crippen molar-refractivity contribution in [3.05, 3.63) is 24.3 Å². The van der Waals surface area contributed by atoms with Crippen molar-refractivity contribution in [3.8, 4) is 0 Å². The van der Waals surface area contributed by atoms with Gasteiger partial charge in [0, 0.05) is 0 Å². The molecule has 0 aliphatic carbocycles. The summed E-state index contributed by atoms with van der Waals surface area (Å²) < 4.78 is 6.46. The Bertz CT molecular complexity index is 203. The third kappa shape index (κ3) is 0.920. The summed E-state index contributed by atoms with van der Waals surface area (Å²) >= 11 is -0.348. The number of nitrogens with one attached hydrogen (secondary N) is 1. The molecule has 0 aromatic heterocycles. The summed E-state index contributed by atoms with van der Waals surface area (Å²) in [7, 11) is 0. The molecule has 1 aliphatic rings. The summed E-state index contributed by atoms with van der Waals surface area (Å²) in [5.74, 6) is 0. The molecular weight excluding hydrogens is 230 g/mol. The molecule has 1 heterocycles. The van der Waals surface area contributed by atoms with Crippen LogP contribution in [-0.2, 0) is 3.20 Å². The monoisotopic (exact) mass is 237 g/mol. The van der Waals surface area contributed by atoms with Gasteiger partial charge in [-0.15, -0.1) is 0 Å². The Labute approximate surface area is 63.8 Å². The minimum absolute atomic E-state index is 0.348. The normalized spacial score (nSPS) is 14.7. The number of anilines is 1. The van der Waals surface area contributed by atoms with Gasteiger partial charge in [0.1, 0.15) is 0 Å². The molecule has 2 nitrogen and oxygen atoms in total. The molecule has 1 N–H and O–H groups in total. The first kappa shape index (κ1) is 5.55. The number of hydrogen-bond donors (Lipinski definition) is 1. The number of para-hydroxylation sites is 1. The summed E-state index contributed by atoms with van der Waals surface area (Å²) in [5.41, 5.74) is 4.01. The van der Waals surface area contributed by atoms with Gasteiger partial charge in [-0.3, -0.25) is 0 Å².